The Hall–Kier alpha value is -2.54. The summed E-state index contributed by atoms with van der Waals surface area (Å²) >= 11 is 1.34. The van der Waals surface area contributed by atoms with Crippen molar-refractivity contribution >= 4 is 33.3 Å². The fourth-order valence-corrected chi connectivity index (χ4v) is 4.50. The number of nitrogens with zero attached hydrogens (tertiary/aromatic N) is 3. The lowest BCUT2D eigenvalue weighted by molar-refractivity contribution is -0.115. The van der Waals surface area contributed by atoms with Crippen molar-refractivity contribution in [2.24, 2.45) is 5.92 Å². The van der Waals surface area contributed by atoms with Crippen LogP contribution in [0, 0.1) is 5.92 Å². The van der Waals surface area contributed by atoms with Crippen LogP contribution in [0.2, 0.25) is 0 Å². The van der Waals surface area contributed by atoms with Crippen molar-refractivity contribution in [2.45, 2.75) is 30.8 Å². The molecule has 166 valence electrons. The number of hydrogen-bond acceptors (Lipinski definition) is 9. The highest BCUT2D eigenvalue weighted by molar-refractivity contribution is 7.21. The van der Waals surface area contributed by atoms with Crippen LogP contribution in [0.15, 0.2) is 30.5 Å². The third-order valence-electron chi connectivity index (χ3n) is 5.16. The zero-order valence-electron chi connectivity index (χ0n) is 16.1. The summed E-state index contributed by atoms with van der Waals surface area (Å²) in [5, 5.41) is 36.1. The molecule has 0 bridgehead atoms. The summed E-state index contributed by atoms with van der Waals surface area (Å²) in [6.07, 6.45) is -3.95. The zero-order chi connectivity index (χ0) is 22.2. The lowest BCUT2D eigenvalue weighted by atomic mass is 10.0. The van der Waals surface area contributed by atoms with E-state index in [9.17, 15) is 28.5 Å². The molecule has 1 aliphatic carbocycles. The highest BCUT2D eigenvalue weighted by atomic mass is 32.1. The number of alkyl halides is 3. The standard InChI is InChI=1S/C19H20F3N5O3S/c20-19(21,22)9-24-17-23-7-11(16-25-12-3-1-2-4-13(12)31-16)15(26-17)27-18(30)6-5-10(8-28)14(18)29/h1-4,7,10,14,28-30H,5-6,8-9H2,(H2,23,24,26,27)/t10-,14-,18-/m1/s1. The van der Waals surface area contributed by atoms with E-state index in [1.807, 2.05) is 24.3 Å². The third kappa shape index (κ3) is 4.56. The van der Waals surface area contributed by atoms with Crippen molar-refractivity contribution in [1.82, 2.24) is 15.0 Å². The molecule has 1 aromatic carbocycles. The Labute approximate surface area is 178 Å². The maximum Gasteiger partial charge on any atom is 0.405 e. The van der Waals surface area contributed by atoms with Gasteiger partial charge < -0.3 is 26.0 Å². The second-order valence-corrected chi connectivity index (χ2v) is 8.42. The molecule has 0 spiro atoms. The second-order valence-electron chi connectivity index (χ2n) is 7.39. The quantitative estimate of drug-likeness (QED) is 0.360. The predicted molar refractivity (Wildman–Crippen MR) is 110 cm³/mol. The Bertz CT molecular complexity index is 1050. The third-order valence-corrected chi connectivity index (χ3v) is 6.23. The van der Waals surface area contributed by atoms with Crippen LogP contribution in [-0.2, 0) is 0 Å². The molecule has 5 N–H and O–H groups in total. The molecule has 31 heavy (non-hydrogen) atoms. The van der Waals surface area contributed by atoms with Crippen LogP contribution in [0.3, 0.4) is 0 Å². The van der Waals surface area contributed by atoms with Crippen LogP contribution >= 0.6 is 11.3 Å². The van der Waals surface area contributed by atoms with Crippen molar-refractivity contribution in [3.05, 3.63) is 30.5 Å². The Morgan fingerprint density at radius 2 is 2.00 bits per heavy atom. The number of halogens is 3. The first-order valence-corrected chi connectivity index (χ1v) is 10.3. The monoisotopic (exact) mass is 455 g/mol. The minimum Gasteiger partial charge on any atom is -0.396 e. The molecule has 4 rings (SSSR count). The SMILES string of the molecule is OC[C@H]1CC[C@](O)(Nc2nc(NCC(F)(F)F)ncc2-c2nc3ccccc3s2)[C@@H]1O. The lowest BCUT2D eigenvalue weighted by Gasteiger charge is -2.30. The van der Waals surface area contributed by atoms with E-state index in [0.717, 1.165) is 10.2 Å². The molecule has 0 aliphatic heterocycles. The first-order chi connectivity index (χ1) is 14.7. The fourth-order valence-electron chi connectivity index (χ4n) is 3.52. The molecule has 0 radical (unpaired) electrons. The van der Waals surface area contributed by atoms with E-state index in [-0.39, 0.29) is 24.8 Å². The smallest absolute Gasteiger partial charge is 0.396 e. The van der Waals surface area contributed by atoms with Crippen molar-refractivity contribution < 1.29 is 28.5 Å². The van der Waals surface area contributed by atoms with Crippen molar-refractivity contribution in [1.29, 1.82) is 0 Å². The minimum absolute atomic E-state index is 0.0267. The van der Waals surface area contributed by atoms with Crippen LogP contribution < -0.4 is 10.6 Å². The first kappa shape index (κ1) is 21.7. The number of fused-ring (bicyclic) bond motifs is 1. The summed E-state index contributed by atoms with van der Waals surface area (Å²) in [5.41, 5.74) is -0.714. The van der Waals surface area contributed by atoms with E-state index in [1.54, 1.807) is 0 Å². The van der Waals surface area contributed by atoms with E-state index in [1.165, 1.54) is 17.5 Å². The average molecular weight is 455 g/mol. The molecule has 1 aliphatic rings. The van der Waals surface area contributed by atoms with E-state index in [2.05, 4.69) is 25.6 Å². The fraction of sp³-hybridized carbons (Fsp3) is 0.421. The summed E-state index contributed by atoms with van der Waals surface area (Å²) in [4.78, 5) is 12.6. The molecule has 1 fully saturated rings. The number of aliphatic hydroxyl groups excluding tert-OH is 2. The Kier molecular flexibility index (Phi) is 5.73. The summed E-state index contributed by atoms with van der Waals surface area (Å²) in [6.45, 7) is -1.63. The van der Waals surface area contributed by atoms with Gasteiger partial charge in [-0.15, -0.1) is 11.3 Å². The van der Waals surface area contributed by atoms with Gasteiger partial charge in [-0.1, -0.05) is 12.1 Å². The number of para-hydroxylation sites is 1. The number of rotatable bonds is 6. The number of hydrogen-bond donors (Lipinski definition) is 5. The lowest BCUT2D eigenvalue weighted by Crippen LogP contribution is -2.48. The van der Waals surface area contributed by atoms with Gasteiger partial charge in [0.1, 0.15) is 23.5 Å². The Balaban J connectivity index is 1.72. The molecule has 3 aromatic rings. The van der Waals surface area contributed by atoms with Gasteiger partial charge in [-0.2, -0.15) is 18.2 Å². The molecule has 12 heteroatoms. The van der Waals surface area contributed by atoms with E-state index >= 15 is 0 Å². The minimum atomic E-state index is -4.46. The summed E-state index contributed by atoms with van der Waals surface area (Å²) in [5.74, 6) is -0.800. The van der Waals surface area contributed by atoms with Gasteiger partial charge in [-0.05, 0) is 25.0 Å². The van der Waals surface area contributed by atoms with Crippen LogP contribution in [0.5, 0.6) is 0 Å². The van der Waals surface area contributed by atoms with Crippen molar-refractivity contribution in [2.75, 3.05) is 23.8 Å². The molecular weight excluding hydrogens is 435 g/mol. The molecule has 3 atom stereocenters. The van der Waals surface area contributed by atoms with E-state index in [4.69, 9.17) is 0 Å². The van der Waals surface area contributed by atoms with Crippen LogP contribution in [0.25, 0.3) is 20.8 Å². The Morgan fingerprint density at radius 3 is 2.68 bits per heavy atom. The molecule has 1 saturated carbocycles. The maximum atomic E-state index is 12.6. The number of aromatic nitrogens is 3. The molecule has 0 amide bonds. The highest BCUT2D eigenvalue weighted by Crippen LogP contribution is 2.39. The van der Waals surface area contributed by atoms with E-state index in [0.29, 0.717) is 17.0 Å². The van der Waals surface area contributed by atoms with Crippen molar-refractivity contribution in [3.63, 3.8) is 0 Å². The first-order valence-electron chi connectivity index (χ1n) is 9.51. The molecule has 2 aromatic heterocycles. The number of nitrogens with one attached hydrogen (secondary N) is 2. The number of benzene rings is 1. The summed E-state index contributed by atoms with van der Waals surface area (Å²) in [7, 11) is 0. The van der Waals surface area contributed by atoms with Crippen LogP contribution in [0.4, 0.5) is 24.9 Å². The summed E-state index contributed by atoms with van der Waals surface area (Å²) < 4.78 is 38.7. The Morgan fingerprint density at radius 1 is 1.23 bits per heavy atom. The molecule has 0 saturated heterocycles. The number of thiazole rings is 1. The highest BCUT2D eigenvalue weighted by Gasteiger charge is 2.47. The predicted octanol–water partition coefficient (Wildman–Crippen LogP) is 2.59. The van der Waals surface area contributed by atoms with Gasteiger partial charge in [0.2, 0.25) is 5.95 Å². The normalized spacial score (nSPS) is 23.9. The topological polar surface area (TPSA) is 123 Å². The van der Waals surface area contributed by atoms with Gasteiger partial charge in [0.25, 0.3) is 0 Å². The average Bonchev–Trinajstić information content (AvgIpc) is 3.27. The number of aliphatic hydroxyl groups is 3. The van der Waals surface area contributed by atoms with Gasteiger partial charge in [0.15, 0.2) is 5.72 Å². The largest absolute Gasteiger partial charge is 0.405 e. The number of anilines is 2. The van der Waals surface area contributed by atoms with Crippen LogP contribution in [-0.4, -0.2) is 61.4 Å². The van der Waals surface area contributed by atoms with Gasteiger partial charge in [-0.3, -0.25) is 0 Å². The van der Waals surface area contributed by atoms with Crippen LogP contribution in [0.1, 0.15) is 12.8 Å². The molecular formula is C19H20F3N5O3S. The van der Waals surface area contributed by atoms with Gasteiger partial charge in [0, 0.05) is 18.7 Å². The molecule has 8 nitrogen and oxygen atoms in total. The second kappa shape index (κ2) is 8.19. The van der Waals surface area contributed by atoms with Gasteiger partial charge >= 0.3 is 6.18 Å². The van der Waals surface area contributed by atoms with Crippen molar-refractivity contribution in [3.8, 4) is 10.6 Å². The summed E-state index contributed by atoms with van der Waals surface area (Å²) in [6, 6.07) is 7.39. The van der Waals surface area contributed by atoms with E-state index < -0.39 is 30.5 Å². The molecule has 2 heterocycles. The van der Waals surface area contributed by atoms with Gasteiger partial charge in [-0.25, -0.2) is 9.97 Å². The maximum absolute atomic E-state index is 12.6. The zero-order valence-corrected chi connectivity index (χ0v) is 16.9. The van der Waals surface area contributed by atoms with Gasteiger partial charge in [0.05, 0.1) is 15.8 Å². The molecule has 0 unspecified atom stereocenters.